The van der Waals surface area contributed by atoms with E-state index in [1.807, 2.05) is 39.2 Å². The van der Waals surface area contributed by atoms with E-state index in [2.05, 4.69) is 11.1 Å². The van der Waals surface area contributed by atoms with Crippen LogP contribution in [0.25, 0.3) is 4.96 Å². The smallest absolute Gasteiger partial charge is 0.229 e. The number of likely N-dealkylation sites (tertiary alicyclic amines) is 1. The second-order valence-electron chi connectivity index (χ2n) is 7.00. The molecule has 0 unspecified atom stereocenters. The third-order valence-electron chi connectivity index (χ3n) is 5.20. The second kappa shape index (κ2) is 6.88. The summed E-state index contributed by atoms with van der Waals surface area (Å²) >= 11 is 1.58. The predicted octanol–water partition coefficient (Wildman–Crippen LogP) is 3.46. The van der Waals surface area contributed by atoms with Crippen molar-refractivity contribution in [3.63, 3.8) is 0 Å². The van der Waals surface area contributed by atoms with Crippen LogP contribution in [0.3, 0.4) is 0 Å². The minimum atomic E-state index is 0.0957. The number of imidazole rings is 1. The zero-order valence-electron chi connectivity index (χ0n) is 15.0. The lowest BCUT2D eigenvalue weighted by Crippen LogP contribution is -2.31. The standard InChI is InChI=1S/C20H21N3O3S/c24-19(12-15-13-22-7-10-27-20(22)21-15)23-6-1-3-16(23)14-4-5-17-18(11-14)26-9-2-8-25-17/h4-5,7,10-11,13,16H,1-3,6,8-9,12H2/t16-/m1/s1. The summed E-state index contributed by atoms with van der Waals surface area (Å²) in [6.07, 6.45) is 7.14. The highest BCUT2D eigenvalue weighted by Crippen LogP contribution is 2.38. The number of fused-ring (bicyclic) bond motifs is 2. The van der Waals surface area contributed by atoms with Crippen molar-refractivity contribution in [1.82, 2.24) is 14.3 Å². The highest BCUT2D eigenvalue weighted by atomic mass is 32.1. The van der Waals surface area contributed by atoms with E-state index in [0.717, 1.165) is 53.5 Å². The first-order chi connectivity index (χ1) is 13.3. The number of hydrogen-bond acceptors (Lipinski definition) is 5. The molecule has 0 aliphatic carbocycles. The number of rotatable bonds is 3. The van der Waals surface area contributed by atoms with Crippen LogP contribution in [-0.2, 0) is 11.2 Å². The minimum absolute atomic E-state index is 0.0957. The fourth-order valence-corrected chi connectivity index (χ4v) is 4.64. The third kappa shape index (κ3) is 3.16. The van der Waals surface area contributed by atoms with E-state index >= 15 is 0 Å². The first kappa shape index (κ1) is 16.6. The summed E-state index contributed by atoms with van der Waals surface area (Å²) in [5, 5.41) is 1.99. The molecule has 1 aromatic carbocycles. The van der Waals surface area contributed by atoms with Gasteiger partial charge in [-0.3, -0.25) is 9.20 Å². The minimum Gasteiger partial charge on any atom is -0.490 e. The van der Waals surface area contributed by atoms with Gasteiger partial charge in [-0.05, 0) is 30.5 Å². The van der Waals surface area contributed by atoms with Crippen LogP contribution in [0.5, 0.6) is 11.5 Å². The fourth-order valence-electron chi connectivity index (χ4n) is 3.92. The summed E-state index contributed by atoms with van der Waals surface area (Å²) in [6, 6.07) is 6.18. The van der Waals surface area contributed by atoms with E-state index in [9.17, 15) is 4.79 Å². The molecule has 1 fully saturated rings. The van der Waals surface area contributed by atoms with Gasteiger partial charge in [0.1, 0.15) is 0 Å². The van der Waals surface area contributed by atoms with Crippen LogP contribution < -0.4 is 9.47 Å². The lowest BCUT2D eigenvalue weighted by Gasteiger charge is -2.25. The molecule has 5 rings (SSSR count). The van der Waals surface area contributed by atoms with Gasteiger partial charge in [0.25, 0.3) is 0 Å². The first-order valence-corrected chi connectivity index (χ1v) is 10.3. The van der Waals surface area contributed by atoms with Gasteiger partial charge >= 0.3 is 0 Å². The molecule has 6 nitrogen and oxygen atoms in total. The van der Waals surface area contributed by atoms with Crippen molar-refractivity contribution in [2.75, 3.05) is 19.8 Å². The number of benzene rings is 1. The summed E-state index contributed by atoms with van der Waals surface area (Å²) in [5.41, 5.74) is 1.95. The topological polar surface area (TPSA) is 56.1 Å². The third-order valence-corrected chi connectivity index (χ3v) is 5.98. The summed E-state index contributed by atoms with van der Waals surface area (Å²) in [7, 11) is 0. The maximum absolute atomic E-state index is 13.0. The molecule has 140 valence electrons. The van der Waals surface area contributed by atoms with E-state index < -0.39 is 0 Å². The largest absolute Gasteiger partial charge is 0.490 e. The number of hydrogen-bond donors (Lipinski definition) is 0. The molecule has 0 saturated carbocycles. The average Bonchev–Trinajstić information content (AvgIpc) is 3.34. The Hall–Kier alpha value is -2.54. The molecule has 1 atom stereocenters. The molecular formula is C20H21N3O3S. The van der Waals surface area contributed by atoms with E-state index in [4.69, 9.17) is 9.47 Å². The molecular weight excluding hydrogens is 362 g/mol. The van der Waals surface area contributed by atoms with Gasteiger partial charge in [-0.15, -0.1) is 11.3 Å². The van der Waals surface area contributed by atoms with Crippen molar-refractivity contribution in [3.8, 4) is 11.5 Å². The molecule has 4 heterocycles. The van der Waals surface area contributed by atoms with Crippen LogP contribution in [0.1, 0.15) is 36.6 Å². The van der Waals surface area contributed by atoms with E-state index in [0.29, 0.717) is 19.6 Å². The number of aromatic nitrogens is 2. The Balaban J connectivity index is 1.35. The number of carbonyl (C=O) groups is 1. The average molecular weight is 383 g/mol. The lowest BCUT2D eigenvalue weighted by atomic mass is 10.0. The molecule has 27 heavy (non-hydrogen) atoms. The van der Waals surface area contributed by atoms with Crippen molar-refractivity contribution < 1.29 is 14.3 Å². The van der Waals surface area contributed by atoms with Gasteiger partial charge in [-0.25, -0.2) is 4.98 Å². The van der Waals surface area contributed by atoms with Crippen LogP contribution in [0, 0.1) is 0 Å². The van der Waals surface area contributed by atoms with Gasteiger partial charge in [0.2, 0.25) is 5.91 Å². The molecule has 0 N–H and O–H groups in total. The van der Waals surface area contributed by atoms with Crippen LogP contribution in [0.2, 0.25) is 0 Å². The molecule has 2 aliphatic rings. The summed E-state index contributed by atoms with van der Waals surface area (Å²) in [5.74, 6) is 1.72. The van der Waals surface area contributed by atoms with Gasteiger partial charge in [0.05, 0.1) is 31.4 Å². The Morgan fingerprint density at radius 3 is 3.00 bits per heavy atom. The quantitative estimate of drug-likeness (QED) is 0.695. The van der Waals surface area contributed by atoms with Crippen LogP contribution in [-0.4, -0.2) is 40.0 Å². The molecule has 0 bridgehead atoms. The van der Waals surface area contributed by atoms with Crippen molar-refractivity contribution >= 4 is 22.2 Å². The fraction of sp³-hybridized carbons (Fsp3) is 0.400. The summed E-state index contributed by atoms with van der Waals surface area (Å²) in [4.78, 5) is 20.4. The summed E-state index contributed by atoms with van der Waals surface area (Å²) < 4.78 is 13.5. The number of carbonyl (C=O) groups excluding carboxylic acids is 1. The van der Waals surface area contributed by atoms with E-state index in [1.165, 1.54) is 0 Å². The van der Waals surface area contributed by atoms with E-state index in [1.54, 1.807) is 11.3 Å². The Morgan fingerprint density at radius 1 is 1.22 bits per heavy atom. The highest BCUT2D eigenvalue weighted by Gasteiger charge is 2.31. The number of amides is 1. The summed E-state index contributed by atoms with van der Waals surface area (Å²) in [6.45, 7) is 2.14. The number of thiazole rings is 1. The van der Waals surface area contributed by atoms with Crippen molar-refractivity contribution in [1.29, 1.82) is 0 Å². The van der Waals surface area contributed by atoms with Crippen molar-refractivity contribution in [3.05, 3.63) is 47.2 Å². The van der Waals surface area contributed by atoms with Gasteiger partial charge < -0.3 is 14.4 Å². The van der Waals surface area contributed by atoms with E-state index in [-0.39, 0.29) is 11.9 Å². The maximum Gasteiger partial charge on any atom is 0.229 e. The van der Waals surface area contributed by atoms with Crippen LogP contribution in [0.15, 0.2) is 36.0 Å². The lowest BCUT2D eigenvalue weighted by molar-refractivity contribution is -0.131. The number of ether oxygens (including phenoxy) is 2. The molecule has 7 heteroatoms. The Morgan fingerprint density at radius 2 is 2.11 bits per heavy atom. The van der Waals surface area contributed by atoms with Crippen molar-refractivity contribution in [2.45, 2.75) is 31.7 Å². The maximum atomic E-state index is 13.0. The zero-order chi connectivity index (χ0) is 18.2. The van der Waals surface area contributed by atoms with Crippen molar-refractivity contribution in [2.24, 2.45) is 0 Å². The molecule has 0 spiro atoms. The van der Waals surface area contributed by atoms with Gasteiger partial charge in [-0.1, -0.05) is 6.07 Å². The van der Waals surface area contributed by atoms with Gasteiger partial charge in [0.15, 0.2) is 16.5 Å². The monoisotopic (exact) mass is 383 g/mol. The second-order valence-corrected chi connectivity index (χ2v) is 7.88. The molecule has 0 radical (unpaired) electrons. The van der Waals surface area contributed by atoms with Crippen LogP contribution >= 0.6 is 11.3 Å². The molecule has 1 amide bonds. The van der Waals surface area contributed by atoms with Crippen LogP contribution in [0.4, 0.5) is 0 Å². The molecule has 2 aromatic heterocycles. The number of nitrogens with zero attached hydrogens (tertiary/aromatic N) is 3. The molecule has 2 aliphatic heterocycles. The predicted molar refractivity (Wildman–Crippen MR) is 103 cm³/mol. The van der Waals surface area contributed by atoms with Gasteiger partial charge in [-0.2, -0.15) is 0 Å². The first-order valence-electron chi connectivity index (χ1n) is 9.38. The Bertz CT molecular complexity index is 951. The Labute approximate surface area is 161 Å². The zero-order valence-corrected chi connectivity index (χ0v) is 15.8. The molecule has 1 saturated heterocycles. The SMILES string of the molecule is O=C(Cc1cn2ccsc2n1)N1CCC[C@@H]1c1ccc2c(c1)OCCCO2. The molecule has 3 aromatic rings. The van der Waals surface area contributed by atoms with Gasteiger partial charge in [0, 0.05) is 30.7 Å². The normalized spacial score (nSPS) is 19.4. The highest BCUT2D eigenvalue weighted by molar-refractivity contribution is 7.15. The Kier molecular flexibility index (Phi) is 4.24.